The van der Waals surface area contributed by atoms with Crippen molar-refractivity contribution in [1.82, 2.24) is 4.90 Å². The molecule has 5 nitrogen and oxygen atoms in total. The molecule has 0 saturated carbocycles. The lowest BCUT2D eigenvalue weighted by atomic mass is 9.88. The minimum absolute atomic E-state index is 0.0423. The highest BCUT2D eigenvalue weighted by atomic mass is 16.6. The van der Waals surface area contributed by atoms with Gasteiger partial charge in [-0.05, 0) is 31.2 Å². The summed E-state index contributed by atoms with van der Waals surface area (Å²) in [4.78, 5) is 36.6. The van der Waals surface area contributed by atoms with Crippen molar-refractivity contribution in [1.29, 1.82) is 0 Å². The normalized spacial score (nSPS) is 20.3. The Hall–Kier alpha value is -2.17. The fourth-order valence-corrected chi connectivity index (χ4v) is 3.10. The quantitative estimate of drug-likeness (QED) is 0.809. The number of hydrogen-bond acceptors (Lipinski definition) is 4. The molecule has 0 spiro atoms. The van der Waals surface area contributed by atoms with E-state index in [4.69, 9.17) is 4.74 Å². The van der Waals surface area contributed by atoms with Gasteiger partial charge < -0.3 is 19.2 Å². The number of carbonyl (C=O) groups is 3. The maximum absolute atomic E-state index is 12.2. The minimum Gasteiger partial charge on any atom is -0.445 e. The van der Waals surface area contributed by atoms with Gasteiger partial charge in [-0.2, -0.15) is 0 Å². The van der Waals surface area contributed by atoms with E-state index in [0.29, 0.717) is 25.9 Å². The number of hydrogen-bond donors (Lipinski definition) is 0. The van der Waals surface area contributed by atoms with Crippen LogP contribution in [0.5, 0.6) is 0 Å². The SMILES string of the molecule is CC(=O)C[C@@H]1CN(C(=O)OCc2ccccc2)C[C@@H]1CC(C)=O. The number of rotatable bonds is 6. The molecule has 0 bridgehead atoms. The van der Waals surface area contributed by atoms with Crippen molar-refractivity contribution in [3.8, 4) is 0 Å². The lowest BCUT2D eigenvalue weighted by molar-refractivity contribution is -0.120. The lowest BCUT2D eigenvalue weighted by Gasteiger charge is -2.16. The van der Waals surface area contributed by atoms with Gasteiger partial charge in [0, 0.05) is 25.9 Å². The number of ether oxygens (including phenoxy) is 1. The van der Waals surface area contributed by atoms with E-state index in [-0.39, 0.29) is 36.1 Å². The van der Waals surface area contributed by atoms with E-state index in [0.717, 1.165) is 5.56 Å². The first-order valence-electron chi connectivity index (χ1n) is 7.90. The first kappa shape index (κ1) is 17.2. The first-order valence-corrected chi connectivity index (χ1v) is 7.90. The number of nitrogens with zero attached hydrogens (tertiary/aromatic N) is 1. The standard InChI is InChI=1S/C18H23NO4/c1-13(20)8-16-10-19(11-17(16)9-14(2)21)18(22)23-12-15-6-4-3-5-7-15/h3-7,16-17H,8-12H2,1-2H3/t16-,17+. The summed E-state index contributed by atoms with van der Waals surface area (Å²) in [6.07, 6.45) is 0.425. The summed E-state index contributed by atoms with van der Waals surface area (Å²) in [6, 6.07) is 9.49. The monoisotopic (exact) mass is 317 g/mol. The maximum Gasteiger partial charge on any atom is 0.410 e. The van der Waals surface area contributed by atoms with E-state index >= 15 is 0 Å². The Morgan fingerprint density at radius 3 is 2.00 bits per heavy atom. The summed E-state index contributed by atoms with van der Waals surface area (Å²) in [7, 11) is 0. The van der Waals surface area contributed by atoms with Crippen molar-refractivity contribution >= 4 is 17.7 Å². The van der Waals surface area contributed by atoms with Crippen LogP contribution in [-0.2, 0) is 20.9 Å². The van der Waals surface area contributed by atoms with E-state index in [2.05, 4.69) is 0 Å². The Morgan fingerprint density at radius 2 is 1.52 bits per heavy atom. The van der Waals surface area contributed by atoms with Crippen LogP contribution < -0.4 is 0 Å². The summed E-state index contributed by atoms with van der Waals surface area (Å²) < 4.78 is 5.34. The van der Waals surface area contributed by atoms with Crippen LogP contribution in [0.3, 0.4) is 0 Å². The van der Waals surface area contributed by atoms with Crippen LogP contribution in [0.25, 0.3) is 0 Å². The number of likely N-dealkylation sites (tertiary alicyclic amines) is 1. The van der Waals surface area contributed by atoms with Crippen LogP contribution in [0.2, 0.25) is 0 Å². The molecule has 2 rings (SSSR count). The van der Waals surface area contributed by atoms with Crippen LogP contribution in [-0.4, -0.2) is 35.6 Å². The topological polar surface area (TPSA) is 63.7 Å². The van der Waals surface area contributed by atoms with Gasteiger partial charge in [0.05, 0.1) is 0 Å². The molecule has 1 aromatic rings. The van der Waals surface area contributed by atoms with E-state index < -0.39 is 0 Å². The molecule has 0 aromatic heterocycles. The zero-order chi connectivity index (χ0) is 16.8. The highest BCUT2D eigenvalue weighted by Crippen LogP contribution is 2.30. The fourth-order valence-electron chi connectivity index (χ4n) is 3.10. The third kappa shape index (κ3) is 5.20. The smallest absolute Gasteiger partial charge is 0.410 e. The number of benzene rings is 1. The van der Waals surface area contributed by atoms with Gasteiger partial charge in [0.15, 0.2) is 0 Å². The molecular formula is C18H23NO4. The van der Waals surface area contributed by atoms with Crippen molar-refractivity contribution in [2.75, 3.05) is 13.1 Å². The van der Waals surface area contributed by atoms with Crippen LogP contribution in [0, 0.1) is 11.8 Å². The molecule has 1 amide bonds. The second-order valence-corrected chi connectivity index (χ2v) is 6.28. The predicted octanol–water partition coefficient (Wildman–Crippen LogP) is 2.83. The zero-order valence-electron chi connectivity index (χ0n) is 13.7. The van der Waals surface area contributed by atoms with Crippen molar-refractivity contribution < 1.29 is 19.1 Å². The van der Waals surface area contributed by atoms with Crippen molar-refractivity contribution in [3.05, 3.63) is 35.9 Å². The third-order valence-corrected chi connectivity index (χ3v) is 4.14. The van der Waals surface area contributed by atoms with Crippen LogP contribution >= 0.6 is 0 Å². The van der Waals surface area contributed by atoms with Crippen molar-refractivity contribution in [2.45, 2.75) is 33.3 Å². The fraction of sp³-hybridized carbons (Fsp3) is 0.500. The molecule has 23 heavy (non-hydrogen) atoms. The minimum atomic E-state index is -0.381. The van der Waals surface area contributed by atoms with Gasteiger partial charge in [-0.1, -0.05) is 30.3 Å². The highest BCUT2D eigenvalue weighted by molar-refractivity contribution is 5.78. The Bertz CT molecular complexity index is 546. The maximum atomic E-state index is 12.2. The molecule has 0 unspecified atom stereocenters. The third-order valence-electron chi connectivity index (χ3n) is 4.14. The molecule has 1 heterocycles. The number of amides is 1. The Kier molecular flexibility index (Phi) is 5.90. The van der Waals surface area contributed by atoms with Crippen LogP contribution in [0.15, 0.2) is 30.3 Å². The highest BCUT2D eigenvalue weighted by Gasteiger charge is 2.36. The van der Waals surface area contributed by atoms with Crippen LogP contribution in [0.1, 0.15) is 32.3 Å². The van der Waals surface area contributed by atoms with E-state index in [1.807, 2.05) is 30.3 Å². The second-order valence-electron chi connectivity index (χ2n) is 6.28. The van der Waals surface area contributed by atoms with E-state index in [9.17, 15) is 14.4 Å². The summed E-state index contributed by atoms with van der Waals surface area (Å²) in [5.41, 5.74) is 0.931. The Morgan fingerprint density at radius 1 is 1.00 bits per heavy atom. The predicted molar refractivity (Wildman–Crippen MR) is 85.8 cm³/mol. The van der Waals surface area contributed by atoms with Crippen molar-refractivity contribution in [3.63, 3.8) is 0 Å². The van der Waals surface area contributed by atoms with Gasteiger partial charge in [-0.3, -0.25) is 0 Å². The molecule has 1 saturated heterocycles. The molecule has 0 aliphatic carbocycles. The van der Waals surface area contributed by atoms with Gasteiger partial charge in [0.2, 0.25) is 0 Å². The van der Waals surface area contributed by atoms with Crippen LogP contribution in [0.4, 0.5) is 4.79 Å². The molecule has 1 fully saturated rings. The molecule has 1 aliphatic rings. The largest absolute Gasteiger partial charge is 0.445 e. The first-order chi connectivity index (χ1) is 11.0. The summed E-state index contributed by atoms with van der Waals surface area (Å²) in [5, 5.41) is 0. The molecule has 0 N–H and O–H groups in total. The van der Waals surface area contributed by atoms with Gasteiger partial charge in [0.25, 0.3) is 0 Å². The summed E-state index contributed by atoms with van der Waals surface area (Å²) in [5.74, 6) is 0.257. The average Bonchev–Trinajstić information content (AvgIpc) is 2.87. The average molecular weight is 317 g/mol. The summed E-state index contributed by atoms with van der Waals surface area (Å²) >= 11 is 0. The van der Waals surface area contributed by atoms with Gasteiger partial charge in [-0.25, -0.2) is 4.79 Å². The van der Waals surface area contributed by atoms with Gasteiger partial charge in [0.1, 0.15) is 18.2 Å². The van der Waals surface area contributed by atoms with Gasteiger partial charge in [-0.15, -0.1) is 0 Å². The number of ketones is 2. The Labute approximate surface area is 136 Å². The molecule has 0 radical (unpaired) electrons. The molecule has 5 heteroatoms. The van der Waals surface area contributed by atoms with Crippen molar-refractivity contribution in [2.24, 2.45) is 11.8 Å². The summed E-state index contributed by atoms with van der Waals surface area (Å²) in [6.45, 7) is 4.27. The molecule has 1 aliphatic heterocycles. The van der Waals surface area contributed by atoms with E-state index in [1.165, 1.54) is 0 Å². The Balaban J connectivity index is 1.92. The van der Waals surface area contributed by atoms with E-state index in [1.54, 1.807) is 18.7 Å². The second kappa shape index (κ2) is 7.90. The molecule has 124 valence electrons. The number of carbonyl (C=O) groups excluding carboxylic acids is 3. The molecular weight excluding hydrogens is 294 g/mol. The lowest BCUT2D eigenvalue weighted by Crippen LogP contribution is -2.29. The molecule has 2 atom stereocenters. The molecule has 1 aromatic carbocycles. The zero-order valence-corrected chi connectivity index (χ0v) is 13.7. The number of Topliss-reactive ketones (excluding diaryl/α,β-unsaturated/α-hetero) is 2. The van der Waals surface area contributed by atoms with Gasteiger partial charge >= 0.3 is 6.09 Å².